The van der Waals surface area contributed by atoms with Crippen molar-refractivity contribution in [2.45, 2.75) is 38.3 Å². The summed E-state index contributed by atoms with van der Waals surface area (Å²) in [7, 11) is 0. The Kier molecular flexibility index (Phi) is 4.00. The predicted octanol–water partition coefficient (Wildman–Crippen LogP) is 2.81. The van der Waals surface area contributed by atoms with Gasteiger partial charge in [0, 0.05) is 42.6 Å². The fraction of sp³-hybridized carbons (Fsp3) is 0.474. The maximum absolute atomic E-state index is 12.5. The molecule has 1 aromatic heterocycles. The minimum Gasteiger partial charge on any atom is -0.355 e. The molecular weight excluding hydrogens is 314 g/mol. The van der Waals surface area contributed by atoms with Crippen LogP contribution in [0, 0.1) is 11.3 Å². The molecule has 0 saturated carbocycles. The number of nitrogens with one attached hydrogen (secondary N) is 2. The fourth-order valence-corrected chi connectivity index (χ4v) is 4.05. The molecule has 0 spiro atoms. The van der Waals surface area contributed by atoms with E-state index in [0.717, 1.165) is 55.6 Å². The number of H-pyrrole nitrogens is 1. The van der Waals surface area contributed by atoms with Crippen molar-refractivity contribution in [3.05, 3.63) is 29.8 Å². The molecule has 0 aliphatic carbocycles. The number of nitrogens with zero attached hydrogens (tertiary/aromatic N) is 3. The van der Waals surface area contributed by atoms with Gasteiger partial charge >= 0.3 is 6.03 Å². The average molecular weight is 337 g/mol. The van der Waals surface area contributed by atoms with E-state index in [4.69, 9.17) is 0 Å². The molecule has 0 bridgehead atoms. The van der Waals surface area contributed by atoms with Crippen molar-refractivity contribution in [3.8, 4) is 6.07 Å². The second kappa shape index (κ2) is 6.32. The molecule has 2 amide bonds. The number of carbonyl (C=O) groups is 1. The van der Waals surface area contributed by atoms with Crippen LogP contribution < -0.4 is 10.2 Å². The van der Waals surface area contributed by atoms with E-state index in [2.05, 4.69) is 28.2 Å². The van der Waals surface area contributed by atoms with E-state index in [0.29, 0.717) is 11.6 Å². The highest BCUT2D eigenvalue weighted by molar-refractivity contribution is 5.92. The number of likely N-dealkylation sites (tertiary alicyclic amines) is 1. The highest BCUT2D eigenvalue weighted by atomic mass is 16.2. The first-order valence-corrected chi connectivity index (χ1v) is 9.00. The zero-order valence-corrected chi connectivity index (χ0v) is 14.5. The summed E-state index contributed by atoms with van der Waals surface area (Å²) in [5.41, 5.74) is 1.67. The monoisotopic (exact) mass is 337 g/mol. The topological polar surface area (TPSA) is 75.2 Å². The van der Waals surface area contributed by atoms with E-state index in [1.165, 1.54) is 0 Å². The molecule has 4 rings (SSSR count). The minimum absolute atomic E-state index is 0.0500. The van der Waals surface area contributed by atoms with Crippen LogP contribution in [0.3, 0.4) is 0 Å². The number of aromatic nitrogens is 1. The third kappa shape index (κ3) is 2.80. The molecule has 2 saturated heterocycles. The third-order valence-corrected chi connectivity index (χ3v) is 5.44. The Hall–Kier alpha value is -2.68. The van der Waals surface area contributed by atoms with Crippen molar-refractivity contribution < 1.29 is 4.79 Å². The van der Waals surface area contributed by atoms with Crippen LogP contribution in [0.15, 0.2) is 24.3 Å². The lowest BCUT2D eigenvalue weighted by Gasteiger charge is -2.24. The molecule has 3 heterocycles. The summed E-state index contributed by atoms with van der Waals surface area (Å²) in [5, 5.41) is 13.7. The van der Waals surface area contributed by atoms with Crippen molar-refractivity contribution in [2.75, 3.05) is 24.5 Å². The molecule has 6 nitrogen and oxygen atoms in total. The van der Waals surface area contributed by atoms with Crippen LogP contribution in [0.1, 0.15) is 31.7 Å². The molecule has 0 unspecified atom stereocenters. The number of carbonyl (C=O) groups excluding carboxylic acids is 1. The van der Waals surface area contributed by atoms with E-state index >= 15 is 0 Å². The minimum atomic E-state index is 0.0500. The van der Waals surface area contributed by atoms with E-state index < -0.39 is 0 Å². The number of hydrogen-bond donors (Lipinski definition) is 2. The Labute approximate surface area is 147 Å². The van der Waals surface area contributed by atoms with Crippen LogP contribution in [-0.2, 0) is 0 Å². The largest absolute Gasteiger partial charge is 0.355 e. The van der Waals surface area contributed by atoms with Crippen molar-refractivity contribution in [1.82, 2.24) is 15.2 Å². The van der Waals surface area contributed by atoms with Gasteiger partial charge in [0.2, 0.25) is 0 Å². The van der Waals surface area contributed by atoms with E-state index in [1.807, 2.05) is 29.2 Å². The summed E-state index contributed by atoms with van der Waals surface area (Å²) in [6.45, 7) is 4.53. The smallest absolute Gasteiger partial charge is 0.317 e. The van der Waals surface area contributed by atoms with Crippen LogP contribution in [0.5, 0.6) is 0 Å². The number of amides is 2. The van der Waals surface area contributed by atoms with Gasteiger partial charge in [-0.15, -0.1) is 0 Å². The van der Waals surface area contributed by atoms with Crippen molar-refractivity contribution in [1.29, 1.82) is 5.26 Å². The van der Waals surface area contributed by atoms with Gasteiger partial charge in [-0.3, -0.25) is 0 Å². The lowest BCUT2D eigenvalue weighted by atomic mass is 10.2. The number of para-hydroxylation sites is 1. The molecule has 1 aromatic carbocycles. The molecule has 2 aliphatic heterocycles. The summed E-state index contributed by atoms with van der Waals surface area (Å²) >= 11 is 0. The van der Waals surface area contributed by atoms with Crippen LogP contribution in [0.4, 0.5) is 10.6 Å². The van der Waals surface area contributed by atoms with Gasteiger partial charge in [-0.25, -0.2) is 4.79 Å². The van der Waals surface area contributed by atoms with E-state index in [-0.39, 0.29) is 12.1 Å². The van der Waals surface area contributed by atoms with Gasteiger partial charge in [0.05, 0.1) is 0 Å². The maximum Gasteiger partial charge on any atom is 0.317 e. The Morgan fingerprint density at radius 1 is 1.32 bits per heavy atom. The standard InChI is InChI=1S/C19H23N5O/c1-13-5-4-9-24(13)19(25)21-14-8-10-23(12-14)18-16(11-20)15-6-2-3-7-17(15)22-18/h2-3,6-7,13-14,22H,4-5,8-10,12H2,1H3,(H,21,25)/t13-,14+/m1/s1. The van der Waals surface area contributed by atoms with Crippen LogP contribution >= 0.6 is 0 Å². The highest BCUT2D eigenvalue weighted by Crippen LogP contribution is 2.30. The number of benzene rings is 1. The number of fused-ring (bicyclic) bond motifs is 1. The number of urea groups is 1. The second-order valence-corrected chi connectivity index (χ2v) is 7.07. The predicted molar refractivity (Wildman–Crippen MR) is 97.6 cm³/mol. The number of anilines is 1. The van der Waals surface area contributed by atoms with Gasteiger partial charge < -0.3 is 20.1 Å². The van der Waals surface area contributed by atoms with Crippen molar-refractivity contribution in [2.24, 2.45) is 0 Å². The lowest BCUT2D eigenvalue weighted by molar-refractivity contribution is 0.193. The summed E-state index contributed by atoms with van der Waals surface area (Å²) in [6, 6.07) is 10.7. The Morgan fingerprint density at radius 3 is 2.92 bits per heavy atom. The normalized spacial score (nSPS) is 23.2. The summed E-state index contributed by atoms with van der Waals surface area (Å²) in [4.78, 5) is 19.9. The molecule has 2 aliphatic rings. The molecule has 2 atom stereocenters. The average Bonchev–Trinajstić information content (AvgIpc) is 3.32. The van der Waals surface area contributed by atoms with Gasteiger partial charge in [0.15, 0.2) is 0 Å². The van der Waals surface area contributed by atoms with Gasteiger partial charge in [-0.05, 0) is 32.3 Å². The molecule has 2 N–H and O–H groups in total. The first-order chi connectivity index (χ1) is 12.2. The zero-order chi connectivity index (χ0) is 17.4. The zero-order valence-electron chi connectivity index (χ0n) is 14.5. The maximum atomic E-state index is 12.5. The van der Waals surface area contributed by atoms with Crippen LogP contribution in [0.2, 0.25) is 0 Å². The van der Waals surface area contributed by atoms with Crippen molar-refractivity contribution >= 4 is 22.8 Å². The van der Waals surface area contributed by atoms with Crippen LogP contribution in [0.25, 0.3) is 10.9 Å². The van der Waals surface area contributed by atoms with Gasteiger partial charge in [0.25, 0.3) is 0 Å². The molecule has 0 radical (unpaired) electrons. The Morgan fingerprint density at radius 2 is 2.16 bits per heavy atom. The molecule has 2 aromatic rings. The summed E-state index contributed by atoms with van der Waals surface area (Å²) < 4.78 is 0. The van der Waals surface area contributed by atoms with E-state index in [1.54, 1.807) is 0 Å². The Bertz CT molecular complexity index is 836. The molecular formula is C19H23N5O. The van der Waals surface area contributed by atoms with Gasteiger partial charge in [-0.1, -0.05) is 18.2 Å². The lowest BCUT2D eigenvalue weighted by Crippen LogP contribution is -2.47. The highest BCUT2D eigenvalue weighted by Gasteiger charge is 2.31. The van der Waals surface area contributed by atoms with Crippen LogP contribution in [-0.4, -0.2) is 47.6 Å². The SMILES string of the molecule is C[C@@H]1CCCN1C(=O)N[C@H]1CCN(c2[nH]c3ccccc3c2C#N)C1. The molecule has 130 valence electrons. The quantitative estimate of drug-likeness (QED) is 0.885. The number of hydrogen-bond acceptors (Lipinski definition) is 3. The van der Waals surface area contributed by atoms with Gasteiger partial charge in [-0.2, -0.15) is 5.26 Å². The number of rotatable bonds is 2. The third-order valence-electron chi connectivity index (χ3n) is 5.44. The number of nitriles is 1. The summed E-state index contributed by atoms with van der Waals surface area (Å²) in [5.74, 6) is 0.870. The molecule has 25 heavy (non-hydrogen) atoms. The summed E-state index contributed by atoms with van der Waals surface area (Å²) in [6.07, 6.45) is 3.07. The number of aromatic amines is 1. The van der Waals surface area contributed by atoms with Crippen molar-refractivity contribution in [3.63, 3.8) is 0 Å². The Balaban J connectivity index is 1.48. The fourth-order valence-electron chi connectivity index (χ4n) is 4.05. The molecule has 6 heteroatoms. The first-order valence-electron chi connectivity index (χ1n) is 9.00. The first kappa shape index (κ1) is 15.8. The molecule has 2 fully saturated rings. The second-order valence-electron chi connectivity index (χ2n) is 7.07. The van der Waals surface area contributed by atoms with Gasteiger partial charge in [0.1, 0.15) is 17.5 Å². The van der Waals surface area contributed by atoms with E-state index in [9.17, 15) is 10.1 Å².